The third-order valence-electron chi connectivity index (χ3n) is 4.83. The Morgan fingerprint density at radius 3 is 2.36 bits per heavy atom. The molecule has 3 aromatic carbocycles. The second kappa shape index (κ2) is 8.73. The smallest absolute Gasteiger partial charge is 0.308 e. The molecule has 0 saturated heterocycles. The first-order valence-corrected chi connectivity index (χ1v) is 9.70. The lowest BCUT2D eigenvalue weighted by molar-refractivity contribution is -0.137. The van der Waals surface area contributed by atoms with E-state index in [9.17, 15) is 27.2 Å². The molecule has 6 nitrogen and oxygen atoms in total. The molecule has 4 aromatic rings. The van der Waals surface area contributed by atoms with E-state index in [0.29, 0.717) is 16.6 Å². The van der Waals surface area contributed by atoms with Gasteiger partial charge < -0.3 is 10.6 Å². The summed E-state index contributed by atoms with van der Waals surface area (Å²) in [4.78, 5) is 24.6. The Morgan fingerprint density at radius 2 is 1.64 bits per heavy atom. The topological polar surface area (TPSA) is 86.9 Å². The number of halogens is 4. The summed E-state index contributed by atoms with van der Waals surface area (Å²) in [6, 6.07) is 14.0. The molecule has 33 heavy (non-hydrogen) atoms. The second-order valence-corrected chi connectivity index (χ2v) is 7.22. The van der Waals surface area contributed by atoms with Gasteiger partial charge in [-0.25, -0.2) is 14.3 Å². The lowest BCUT2D eigenvalue weighted by atomic mass is 10.0. The quantitative estimate of drug-likeness (QED) is 0.364. The number of rotatable bonds is 4. The minimum atomic E-state index is -4.54. The molecule has 0 atom stereocenters. The summed E-state index contributed by atoms with van der Waals surface area (Å²) >= 11 is 0. The van der Waals surface area contributed by atoms with Gasteiger partial charge in [0.2, 0.25) is 0 Å². The largest absolute Gasteiger partial charge is 0.416 e. The van der Waals surface area contributed by atoms with E-state index >= 15 is 0 Å². The fourth-order valence-corrected chi connectivity index (χ4v) is 3.34. The van der Waals surface area contributed by atoms with E-state index in [1.807, 2.05) is 0 Å². The van der Waals surface area contributed by atoms with Gasteiger partial charge in [0, 0.05) is 23.2 Å². The number of hydrogen-bond acceptors (Lipinski definition) is 3. The summed E-state index contributed by atoms with van der Waals surface area (Å²) in [6.45, 7) is 0. The van der Waals surface area contributed by atoms with Crippen LogP contribution in [-0.2, 0) is 12.6 Å². The number of carbonyl (C=O) groups excluding carboxylic acids is 1. The third kappa shape index (κ3) is 5.17. The number of amides is 2. The maximum absolute atomic E-state index is 13.5. The highest BCUT2D eigenvalue weighted by atomic mass is 19.4. The van der Waals surface area contributed by atoms with Gasteiger partial charge in [0.1, 0.15) is 5.82 Å². The number of urea groups is 1. The van der Waals surface area contributed by atoms with Crippen LogP contribution < -0.4 is 16.2 Å². The highest BCUT2D eigenvalue weighted by Gasteiger charge is 2.30. The van der Waals surface area contributed by atoms with E-state index in [2.05, 4.69) is 20.8 Å². The van der Waals surface area contributed by atoms with Gasteiger partial charge in [-0.3, -0.25) is 4.79 Å². The number of H-pyrrole nitrogens is 1. The van der Waals surface area contributed by atoms with Crippen LogP contribution in [0.1, 0.15) is 16.8 Å². The predicted molar refractivity (Wildman–Crippen MR) is 116 cm³/mol. The standard InChI is InChI=1S/C23H16F4N4O2/c24-15-5-1-3-13(9-15)10-20-18-8-7-17(12-19(18)21(32)31-30-20)29-22(33)28-16-6-2-4-14(11-16)23(25,26)27/h1-9,11-12H,10H2,(H,31,32)(H2,28,29,33). The molecule has 3 N–H and O–H groups in total. The number of aromatic nitrogens is 2. The first kappa shape index (κ1) is 22.0. The summed E-state index contributed by atoms with van der Waals surface area (Å²) in [5.74, 6) is -0.389. The Balaban J connectivity index is 1.55. The van der Waals surface area contributed by atoms with Crippen LogP contribution in [0, 0.1) is 5.82 Å². The molecule has 1 heterocycles. The molecule has 10 heteroatoms. The Kier molecular flexibility index (Phi) is 5.82. The van der Waals surface area contributed by atoms with Gasteiger partial charge >= 0.3 is 12.2 Å². The van der Waals surface area contributed by atoms with Crippen LogP contribution in [0.2, 0.25) is 0 Å². The fraction of sp³-hybridized carbons (Fsp3) is 0.0870. The van der Waals surface area contributed by atoms with Gasteiger partial charge in [0.05, 0.1) is 16.6 Å². The zero-order chi connectivity index (χ0) is 23.6. The molecule has 168 valence electrons. The summed E-state index contributed by atoms with van der Waals surface area (Å²) in [6.07, 6.45) is -4.27. The minimum absolute atomic E-state index is 0.0393. The number of anilines is 2. The molecule has 4 rings (SSSR count). The van der Waals surface area contributed by atoms with Gasteiger partial charge in [-0.15, -0.1) is 0 Å². The lowest BCUT2D eigenvalue weighted by Crippen LogP contribution is -2.20. The van der Waals surface area contributed by atoms with E-state index < -0.39 is 23.3 Å². The Morgan fingerprint density at radius 1 is 0.909 bits per heavy atom. The van der Waals surface area contributed by atoms with Crippen molar-refractivity contribution in [3.63, 3.8) is 0 Å². The minimum Gasteiger partial charge on any atom is -0.308 e. The van der Waals surface area contributed by atoms with Crippen molar-refractivity contribution in [2.45, 2.75) is 12.6 Å². The Labute approximate surface area is 184 Å². The van der Waals surface area contributed by atoms with Gasteiger partial charge in [0.25, 0.3) is 5.56 Å². The van der Waals surface area contributed by atoms with Crippen LogP contribution >= 0.6 is 0 Å². The van der Waals surface area contributed by atoms with E-state index in [1.54, 1.807) is 18.2 Å². The number of carbonyl (C=O) groups is 1. The molecule has 0 spiro atoms. The first-order chi connectivity index (χ1) is 15.7. The van der Waals surface area contributed by atoms with Crippen LogP contribution in [-0.4, -0.2) is 16.2 Å². The van der Waals surface area contributed by atoms with E-state index in [-0.39, 0.29) is 29.0 Å². The molecule has 1 aromatic heterocycles. The summed E-state index contributed by atoms with van der Waals surface area (Å²) in [5, 5.41) is 12.0. The number of hydrogen-bond donors (Lipinski definition) is 3. The average molecular weight is 456 g/mol. The van der Waals surface area contributed by atoms with Crippen molar-refractivity contribution in [1.29, 1.82) is 0 Å². The summed E-state index contributed by atoms with van der Waals surface area (Å²) < 4.78 is 52.0. The summed E-state index contributed by atoms with van der Waals surface area (Å²) in [5.41, 5.74) is 0.00222. The zero-order valence-corrected chi connectivity index (χ0v) is 16.8. The van der Waals surface area contributed by atoms with E-state index in [4.69, 9.17) is 0 Å². The molecular weight excluding hydrogens is 440 g/mol. The van der Waals surface area contributed by atoms with Crippen molar-refractivity contribution in [3.05, 3.63) is 99.7 Å². The Hall–Kier alpha value is -4.21. The van der Waals surface area contributed by atoms with E-state index in [1.165, 1.54) is 36.4 Å². The fourth-order valence-electron chi connectivity index (χ4n) is 3.34. The molecule has 0 saturated carbocycles. The van der Waals surface area contributed by atoms with Gasteiger partial charge in [-0.1, -0.05) is 24.3 Å². The van der Waals surface area contributed by atoms with Crippen LogP contribution in [0.15, 0.2) is 71.5 Å². The van der Waals surface area contributed by atoms with Gasteiger partial charge in [-0.2, -0.15) is 18.3 Å². The van der Waals surface area contributed by atoms with Gasteiger partial charge in [-0.05, 0) is 48.0 Å². The third-order valence-corrected chi connectivity index (χ3v) is 4.83. The molecule has 0 bridgehead atoms. The van der Waals surface area contributed by atoms with Crippen molar-refractivity contribution in [1.82, 2.24) is 10.2 Å². The lowest BCUT2D eigenvalue weighted by Gasteiger charge is -2.11. The molecule has 2 amide bonds. The Bertz CT molecular complexity index is 1400. The SMILES string of the molecule is O=C(Nc1cccc(C(F)(F)F)c1)Nc1ccc2c(Cc3cccc(F)c3)n[nH]c(=O)c2c1. The predicted octanol–water partition coefficient (Wildman–Crippen LogP) is 5.32. The van der Waals surface area contributed by atoms with E-state index in [0.717, 1.165) is 12.1 Å². The van der Waals surface area contributed by atoms with Crippen LogP contribution in [0.25, 0.3) is 10.8 Å². The number of benzene rings is 3. The number of aromatic amines is 1. The maximum atomic E-state index is 13.5. The van der Waals surface area contributed by atoms with Crippen molar-refractivity contribution in [2.24, 2.45) is 0 Å². The van der Waals surface area contributed by atoms with Gasteiger partial charge in [0.15, 0.2) is 0 Å². The van der Waals surface area contributed by atoms with Crippen LogP contribution in [0.3, 0.4) is 0 Å². The summed E-state index contributed by atoms with van der Waals surface area (Å²) in [7, 11) is 0. The highest BCUT2D eigenvalue weighted by Crippen LogP contribution is 2.30. The van der Waals surface area contributed by atoms with Crippen molar-refractivity contribution in [2.75, 3.05) is 10.6 Å². The number of nitrogens with zero attached hydrogens (tertiary/aromatic N) is 1. The highest BCUT2D eigenvalue weighted by molar-refractivity contribution is 6.01. The molecule has 0 fully saturated rings. The zero-order valence-electron chi connectivity index (χ0n) is 16.8. The normalized spacial score (nSPS) is 11.4. The monoisotopic (exact) mass is 456 g/mol. The first-order valence-electron chi connectivity index (χ1n) is 9.70. The molecular formula is C23H16F4N4O2. The average Bonchev–Trinajstić information content (AvgIpc) is 2.75. The number of alkyl halides is 3. The number of fused-ring (bicyclic) bond motifs is 1. The van der Waals surface area contributed by atoms with Crippen LogP contribution in [0.5, 0.6) is 0 Å². The second-order valence-electron chi connectivity index (χ2n) is 7.22. The molecule has 0 aliphatic carbocycles. The maximum Gasteiger partial charge on any atom is 0.416 e. The van der Waals surface area contributed by atoms with Crippen LogP contribution in [0.4, 0.5) is 33.7 Å². The molecule has 0 unspecified atom stereocenters. The number of nitrogens with one attached hydrogen (secondary N) is 3. The molecule has 0 aliphatic heterocycles. The molecule has 0 aliphatic rings. The van der Waals surface area contributed by atoms with Crippen molar-refractivity contribution < 1.29 is 22.4 Å². The van der Waals surface area contributed by atoms with Crippen molar-refractivity contribution in [3.8, 4) is 0 Å². The molecule has 0 radical (unpaired) electrons. The van der Waals surface area contributed by atoms with Crippen molar-refractivity contribution >= 4 is 28.2 Å².